The number of carbonyl (C=O) groups excluding carboxylic acids is 1. The summed E-state index contributed by atoms with van der Waals surface area (Å²) < 4.78 is 1.75. The molecule has 2 aromatic carbocycles. The minimum Gasteiger partial charge on any atom is -0.309 e. The molecule has 0 N–H and O–H groups in total. The molecule has 7 heteroatoms. The summed E-state index contributed by atoms with van der Waals surface area (Å²) in [6, 6.07) is 19.7. The number of carbonyl (C=O) groups is 1. The minimum atomic E-state index is 0.000445. The third-order valence-corrected chi connectivity index (χ3v) is 8.26. The lowest BCUT2D eigenvalue weighted by Crippen LogP contribution is -2.38. The fourth-order valence-electron chi connectivity index (χ4n) is 4.59. The Kier molecular flexibility index (Phi) is 6.57. The van der Waals surface area contributed by atoms with Gasteiger partial charge in [-0.15, -0.1) is 11.3 Å². The average molecular weight is 490 g/mol. The highest BCUT2D eigenvalue weighted by atomic mass is 32.2. The van der Waals surface area contributed by atoms with Crippen molar-refractivity contribution < 1.29 is 4.79 Å². The van der Waals surface area contributed by atoms with Crippen LogP contribution in [0.3, 0.4) is 0 Å². The molecule has 0 fully saturated rings. The number of amides is 1. The van der Waals surface area contributed by atoms with Gasteiger partial charge in [0.2, 0.25) is 5.91 Å². The van der Waals surface area contributed by atoms with Crippen molar-refractivity contribution in [2.45, 2.75) is 50.9 Å². The third-order valence-electron chi connectivity index (χ3n) is 6.12. The molecule has 34 heavy (non-hydrogen) atoms. The van der Waals surface area contributed by atoms with Crippen molar-refractivity contribution in [1.29, 1.82) is 0 Å². The predicted octanol–water partition coefficient (Wildman–Crippen LogP) is 5.53. The molecule has 0 aliphatic heterocycles. The summed E-state index contributed by atoms with van der Waals surface area (Å²) in [6.07, 6.45) is 3.07. The van der Waals surface area contributed by atoms with Crippen LogP contribution in [0.15, 0.2) is 70.6 Å². The third kappa shape index (κ3) is 4.42. The van der Waals surface area contributed by atoms with Crippen LogP contribution in [0.25, 0.3) is 10.2 Å². The monoisotopic (exact) mass is 489 g/mol. The van der Waals surface area contributed by atoms with E-state index in [2.05, 4.69) is 0 Å². The molecule has 0 unspecified atom stereocenters. The van der Waals surface area contributed by atoms with Crippen LogP contribution in [0.2, 0.25) is 0 Å². The second-order valence-corrected chi connectivity index (χ2v) is 10.8. The van der Waals surface area contributed by atoms with Crippen LogP contribution in [0.4, 0.5) is 5.69 Å². The first-order valence-corrected chi connectivity index (χ1v) is 13.4. The number of hydrogen-bond acceptors (Lipinski definition) is 5. The molecule has 0 saturated heterocycles. The molecule has 0 atom stereocenters. The Morgan fingerprint density at radius 2 is 1.79 bits per heavy atom. The zero-order valence-electron chi connectivity index (χ0n) is 19.4. The van der Waals surface area contributed by atoms with Gasteiger partial charge < -0.3 is 4.90 Å². The number of aromatic nitrogens is 2. The Bertz CT molecular complexity index is 1380. The Morgan fingerprint density at radius 3 is 2.50 bits per heavy atom. The number of anilines is 1. The lowest BCUT2D eigenvalue weighted by atomic mass is 10.2. The summed E-state index contributed by atoms with van der Waals surface area (Å²) in [6.45, 7) is 4.47. The lowest BCUT2D eigenvalue weighted by Gasteiger charge is -2.27. The van der Waals surface area contributed by atoms with Crippen LogP contribution in [0.1, 0.15) is 36.3 Å². The van der Waals surface area contributed by atoms with Gasteiger partial charge in [-0.1, -0.05) is 60.3 Å². The first kappa shape index (κ1) is 22.9. The van der Waals surface area contributed by atoms with Crippen molar-refractivity contribution in [3.63, 3.8) is 0 Å². The molecule has 2 heterocycles. The zero-order chi connectivity index (χ0) is 23.7. The number of fused-ring (bicyclic) bond motifs is 3. The van der Waals surface area contributed by atoms with Crippen LogP contribution >= 0.6 is 23.1 Å². The molecule has 1 aliphatic carbocycles. The van der Waals surface area contributed by atoms with Gasteiger partial charge in [-0.25, -0.2) is 4.98 Å². The summed E-state index contributed by atoms with van der Waals surface area (Å²) in [5.41, 5.74) is 3.11. The second-order valence-electron chi connectivity index (χ2n) is 8.79. The van der Waals surface area contributed by atoms with Crippen molar-refractivity contribution in [3.05, 3.63) is 87.0 Å². The number of nitrogens with zero attached hydrogens (tertiary/aromatic N) is 3. The summed E-state index contributed by atoms with van der Waals surface area (Å²) in [4.78, 5) is 35.8. The summed E-state index contributed by atoms with van der Waals surface area (Å²) in [7, 11) is 0. The number of thioether (sulfide) groups is 1. The number of aryl methyl sites for hydroxylation is 2. The number of rotatable bonds is 7. The number of hydrogen-bond donors (Lipinski definition) is 0. The molecule has 0 bridgehead atoms. The predicted molar refractivity (Wildman–Crippen MR) is 141 cm³/mol. The molecule has 2 aromatic heterocycles. The van der Waals surface area contributed by atoms with Gasteiger partial charge in [-0.3, -0.25) is 14.2 Å². The van der Waals surface area contributed by atoms with Crippen LogP contribution in [-0.2, 0) is 24.2 Å². The van der Waals surface area contributed by atoms with Crippen LogP contribution < -0.4 is 10.5 Å². The number of benzene rings is 2. The Balaban J connectivity index is 1.50. The van der Waals surface area contributed by atoms with Crippen molar-refractivity contribution >= 4 is 44.9 Å². The molecule has 0 saturated carbocycles. The molecule has 0 spiro atoms. The van der Waals surface area contributed by atoms with E-state index in [1.165, 1.54) is 22.2 Å². The quantitative estimate of drug-likeness (QED) is 0.253. The van der Waals surface area contributed by atoms with E-state index in [0.717, 1.165) is 40.7 Å². The molecule has 1 aliphatic rings. The fourth-order valence-corrected chi connectivity index (χ4v) is 6.75. The van der Waals surface area contributed by atoms with E-state index in [-0.39, 0.29) is 23.3 Å². The highest BCUT2D eigenvalue weighted by Crippen LogP contribution is 2.35. The number of thiophene rings is 1. The van der Waals surface area contributed by atoms with E-state index in [9.17, 15) is 9.59 Å². The van der Waals surface area contributed by atoms with E-state index >= 15 is 0 Å². The molecule has 5 nitrogen and oxygen atoms in total. The largest absolute Gasteiger partial charge is 0.309 e. The van der Waals surface area contributed by atoms with Crippen molar-refractivity contribution in [2.75, 3.05) is 10.7 Å². The number of para-hydroxylation sites is 1. The molecule has 4 aromatic rings. The van der Waals surface area contributed by atoms with E-state index < -0.39 is 0 Å². The van der Waals surface area contributed by atoms with Gasteiger partial charge in [0.15, 0.2) is 5.16 Å². The molecule has 5 rings (SSSR count). The molecule has 0 radical (unpaired) electrons. The van der Waals surface area contributed by atoms with Gasteiger partial charge >= 0.3 is 0 Å². The van der Waals surface area contributed by atoms with Gasteiger partial charge in [0.25, 0.3) is 5.56 Å². The van der Waals surface area contributed by atoms with E-state index in [0.29, 0.717) is 11.7 Å². The second kappa shape index (κ2) is 9.76. The molecule has 174 valence electrons. The van der Waals surface area contributed by atoms with Crippen LogP contribution in [0.5, 0.6) is 0 Å². The van der Waals surface area contributed by atoms with Crippen molar-refractivity contribution in [3.8, 4) is 0 Å². The van der Waals surface area contributed by atoms with Gasteiger partial charge in [0.05, 0.1) is 17.7 Å². The molecular weight excluding hydrogens is 462 g/mol. The summed E-state index contributed by atoms with van der Waals surface area (Å²) >= 11 is 2.99. The Labute approximate surface area is 207 Å². The SMILES string of the molecule is CC(C)N(C(=O)CSc1nc2sc3c(c2c(=O)n1Cc1ccccc1)CCC3)c1ccccc1. The Hall–Kier alpha value is -2.90. The highest BCUT2D eigenvalue weighted by molar-refractivity contribution is 7.99. The average Bonchev–Trinajstić information content (AvgIpc) is 3.42. The topological polar surface area (TPSA) is 55.2 Å². The van der Waals surface area contributed by atoms with Crippen molar-refractivity contribution in [1.82, 2.24) is 9.55 Å². The van der Waals surface area contributed by atoms with Crippen LogP contribution in [0, 0.1) is 0 Å². The first-order chi connectivity index (χ1) is 16.5. The zero-order valence-corrected chi connectivity index (χ0v) is 21.0. The minimum absolute atomic E-state index is 0.000445. The van der Waals surface area contributed by atoms with E-state index in [4.69, 9.17) is 4.98 Å². The molecule has 1 amide bonds. The van der Waals surface area contributed by atoms with Gasteiger partial charge in [-0.2, -0.15) is 0 Å². The molecular formula is C27H27N3O2S2. The lowest BCUT2D eigenvalue weighted by molar-refractivity contribution is -0.116. The summed E-state index contributed by atoms with van der Waals surface area (Å²) in [5, 5.41) is 1.38. The normalized spacial score (nSPS) is 12.9. The highest BCUT2D eigenvalue weighted by Gasteiger charge is 2.25. The first-order valence-electron chi connectivity index (χ1n) is 11.6. The summed E-state index contributed by atoms with van der Waals surface area (Å²) in [5.74, 6) is 0.214. The van der Waals surface area contributed by atoms with E-state index in [1.54, 1.807) is 15.9 Å². The van der Waals surface area contributed by atoms with Gasteiger partial charge in [0.1, 0.15) is 4.83 Å². The maximum Gasteiger partial charge on any atom is 0.263 e. The van der Waals surface area contributed by atoms with Crippen molar-refractivity contribution in [2.24, 2.45) is 0 Å². The maximum absolute atomic E-state index is 13.7. The standard InChI is InChI=1S/C27H27N3O2S2/c1-18(2)30(20-12-7-4-8-13-20)23(31)17-33-27-28-25-24(21-14-9-15-22(21)34-25)26(32)29(27)16-19-10-5-3-6-11-19/h3-8,10-13,18H,9,14-17H2,1-2H3. The smallest absolute Gasteiger partial charge is 0.263 e. The van der Waals surface area contributed by atoms with Gasteiger partial charge in [0, 0.05) is 16.6 Å². The van der Waals surface area contributed by atoms with Gasteiger partial charge in [-0.05, 0) is 56.4 Å². The fraction of sp³-hybridized carbons (Fsp3) is 0.296. The van der Waals surface area contributed by atoms with Crippen LogP contribution in [-0.4, -0.2) is 27.3 Å². The maximum atomic E-state index is 13.7. The Morgan fingerprint density at radius 1 is 1.09 bits per heavy atom. The van der Waals surface area contributed by atoms with E-state index in [1.807, 2.05) is 79.4 Å².